The topological polar surface area (TPSA) is 63.2 Å². The molecule has 2 rings (SSSR count). The Hall–Kier alpha value is -2.08. The van der Waals surface area contributed by atoms with E-state index in [9.17, 15) is 4.79 Å². The summed E-state index contributed by atoms with van der Waals surface area (Å²) in [5, 5.41) is 5.65. The summed E-state index contributed by atoms with van der Waals surface area (Å²) in [6, 6.07) is 5.42. The number of benzene rings is 1. The number of thiazole rings is 1. The standard InChI is InChI=1S/C15H19N3O2S/c1-10-4-5-13(20-3)12(8-10)18-15(19)16-7-6-14-11(2)17-9-21-14/h4-5,8-9H,6-7H2,1-3H3,(H2,16,18,19). The lowest BCUT2D eigenvalue weighted by atomic mass is 10.2. The van der Waals surface area contributed by atoms with Crippen LogP contribution in [-0.2, 0) is 6.42 Å². The van der Waals surface area contributed by atoms with Gasteiger partial charge in [0.2, 0.25) is 0 Å². The Morgan fingerprint density at radius 3 is 2.86 bits per heavy atom. The molecule has 1 heterocycles. The van der Waals surface area contributed by atoms with Gasteiger partial charge in [-0.3, -0.25) is 0 Å². The van der Waals surface area contributed by atoms with E-state index in [-0.39, 0.29) is 6.03 Å². The predicted octanol–water partition coefficient (Wildman–Crippen LogP) is 3.13. The van der Waals surface area contributed by atoms with Gasteiger partial charge in [-0.1, -0.05) is 6.07 Å². The van der Waals surface area contributed by atoms with Gasteiger partial charge in [0.25, 0.3) is 0 Å². The van der Waals surface area contributed by atoms with Gasteiger partial charge in [0.1, 0.15) is 5.75 Å². The van der Waals surface area contributed by atoms with Gasteiger partial charge in [0.15, 0.2) is 0 Å². The summed E-state index contributed by atoms with van der Waals surface area (Å²) >= 11 is 1.61. The fraction of sp³-hybridized carbons (Fsp3) is 0.333. The lowest BCUT2D eigenvalue weighted by molar-refractivity contribution is 0.252. The van der Waals surface area contributed by atoms with Crippen molar-refractivity contribution in [1.29, 1.82) is 0 Å². The third-order valence-corrected chi connectivity index (χ3v) is 4.08. The van der Waals surface area contributed by atoms with E-state index >= 15 is 0 Å². The summed E-state index contributed by atoms with van der Waals surface area (Å²) in [4.78, 5) is 17.3. The molecule has 0 saturated heterocycles. The molecule has 0 unspecified atom stereocenters. The number of amides is 2. The average molecular weight is 305 g/mol. The molecule has 6 heteroatoms. The highest BCUT2D eigenvalue weighted by molar-refractivity contribution is 7.09. The molecule has 0 saturated carbocycles. The number of anilines is 1. The number of rotatable bonds is 5. The van der Waals surface area contributed by atoms with Gasteiger partial charge in [-0.05, 0) is 31.5 Å². The molecule has 0 fully saturated rings. The van der Waals surface area contributed by atoms with Crippen LogP contribution in [0.15, 0.2) is 23.7 Å². The van der Waals surface area contributed by atoms with Crippen LogP contribution in [0.1, 0.15) is 16.1 Å². The zero-order chi connectivity index (χ0) is 15.2. The molecule has 1 aromatic heterocycles. The number of carbonyl (C=O) groups excluding carboxylic acids is 1. The summed E-state index contributed by atoms with van der Waals surface area (Å²) in [6.45, 7) is 4.52. The first kappa shape index (κ1) is 15.3. The van der Waals surface area contributed by atoms with E-state index in [1.165, 1.54) is 4.88 Å². The second-order valence-corrected chi connectivity index (χ2v) is 5.63. The van der Waals surface area contributed by atoms with Crippen molar-refractivity contribution in [2.24, 2.45) is 0 Å². The van der Waals surface area contributed by atoms with E-state index in [2.05, 4.69) is 15.6 Å². The van der Waals surface area contributed by atoms with Crippen molar-refractivity contribution < 1.29 is 9.53 Å². The molecule has 5 nitrogen and oxygen atoms in total. The number of ether oxygens (including phenoxy) is 1. The second kappa shape index (κ2) is 7.08. The summed E-state index contributed by atoms with van der Waals surface area (Å²) in [6.07, 6.45) is 0.787. The van der Waals surface area contributed by atoms with Crippen LogP contribution < -0.4 is 15.4 Å². The van der Waals surface area contributed by atoms with E-state index < -0.39 is 0 Å². The van der Waals surface area contributed by atoms with Gasteiger partial charge in [0, 0.05) is 17.8 Å². The van der Waals surface area contributed by atoms with Gasteiger partial charge < -0.3 is 15.4 Å². The smallest absolute Gasteiger partial charge is 0.319 e. The fourth-order valence-electron chi connectivity index (χ4n) is 1.94. The van der Waals surface area contributed by atoms with Crippen LogP contribution >= 0.6 is 11.3 Å². The summed E-state index contributed by atoms with van der Waals surface area (Å²) < 4.78 is 5.23. The predicted molar refractivity (Wildman–Crippen MR) is 85.3 cm³/mol. The monoisotopic (exact) mass is 305 g/mol. The highest BCUT2D eigenvalue weighted by Crippen LogP contribution is 2.24. The fourth-order valence-corrected chi connectivity index (χ4v) is 2.72. The van der Waals surface area contributed by atoms with Crippen molar-refractivity contribution in [2.75, 3.05) is 19.0 Å². The van der Waals surface area contributed by atoms with Crippen LogP contribution in [0.5, 0.6) is 5.75 Å². The number of hydrogen-bond donors (Lipinski definition) is 2. The number of aromatic nitrogens is 1. The van der Waals surface area contributed by atoms with E-state index in [0.717, 1.165) is 17.7 Å². The van der Waals surface area contributed by atoms with E-state index in [1.54, 1.807) is 18.4 Å². The number of carbonyl (C=O) groups is 1. The maximum absolute atomic E-state index is 11.9. The first-order valence-corrected chi connectivity index (χ1v) is 7.56. The van der Waals surface area contributed by atoms with Gasteiger partial charge in [-0.25, -0.2) is 9.78 Å². The van der Waals surface area contributed by atoms with Crippen LogP contribution in [0, 0.1) is 13.8 Å². The quantitative estimate of drug-likeness (QED) is 0.892. The number of hydrogen-bond acceptors (Lipinski definition) is 4. The van der Waals surface area contributed by atoms with Crippen LogP contribution in [-0.4, -0.2) is 24.7 Å². The largest absolute Gasteiger partial charge is 0.495 e. The van der Waals surface area contributed by atoms with Crippen molar-refractivity contribution >= 4 is 23.1 Å². The maximum atomic E-state index is 11.9. The van der Waals surface area contributed by atoms with Crippen molar-refractivity contribution in [3.8, 4) is 5.75 Å². The molecule has 1 aromatic carbocycles. The third-order valence-electron chi connectivity index (χ3n) is 3.09. The molecule has 0 spiro atoms. The van der Waals surface area contributed by atoms with Crippen molar-refractivity contribution in [2.45, 2.75) is 20.3 Å². The first-order chi connectivity index (χ1) is 10.1. The lowest BCUT2D eigenvalue weighted by Gasteiger charge is -2.11. The van der Waals surface area contributed by atoms with Crippen molar-refractivity contribution in [3.63, 3.8) is 0 Å². The molecule has 0 atom stereocenters. The molecule has 0 aliphatic rings. The average Bonchev–Trinajstić information content (AvgIpc) is 2.85. The minimum absolute atomic E-state index is 0.235. The molecular weight excluding hydrogens is 286 g/mol. The van der Waals surface area contributed by atoms with Crippen LogP contribution in [0.4, 0.5) is 10.5 Å². The van der Waals surface area contributed by atoms with Crippen molar-refractivity contribution in [3.05, 3.63) is 39.8 Å². The Balaban J connectivity index is 1.87. The lowest BCUT2D eigenvalue weighted by Crippen LogP contribution is -2.30. The van der Waals surface area contributed by atoms with E-state index in [0.29, 0.717) is 18.0 Å². The number of urea groups is 1. The number of nitrogens with zero attached hydrogens (tertiary/aromatic N) is 1. The highest BCUT2D eigenvalue weighted by Gasteiger charge is 2.08. The normalized spacial score (nSPS) is 10.2. The molecule has 0 aliphatic carbocycles. The molecule has 2 N–H and O–H groups in total. The molecule has 0 radical (unpaired) electrons. The maximum Gasteiger partial charge on any atom is 0.319 e. The summed E-state index contributed by atoms with van der Waals surface area (Å²) in [5.74, 6) is 0.647. The van der Waals surface area contributed by atoms with Crippen molar-refractivity contribution in [1.82, 2.24) is 10.3 Å². The molecule has 2 aromatic rings. The minimum Gasteiger partial charge on any atom is -0.495 e. The number of aryl methyl sites for hydroxylation is 2. The molecule has 112 valence electrons. The zero-order valence-electron chi connectivity index (χ0n) is 12.4. The Labute approximate surface area is 128 Å². The molecule has 0 bridgehead atoms. The van der Waals surface area contributed by atoms with Gasteiger partial charge in [-0.15, -0.1) is 11.3 Å². The molecule has 0 aliphatic heterocycles. The summed E-state index contributed by atoms with van der Waals surface area (Å²) in [7, 11) is 1.58. The zero-order valence-corrected chi connectivity index (χ0v) is 13.2. The third kappa shape index (κ3) is 4.19. The molecule has 2 amide bonds. The molecule has 21 heavy (non-hydrogen) atoms. The number of nitrogens with one attached hydrogen (secondary N) is 2. The summed E-state index contributed by atoms with van der Waals surface area (Å²) in [5.41, 5.74) is 4.58. The number of methoxy groups -OCH3 is 1. The van der Waals surface area contributed by atoms with Gasteiger partial charge in [-0.2, -0.15) is 0 Å². The Kier molecular flexibility index (Phi) is 5.16. The Bertz CT molecular complexity index is 625. The van der Waals surface area contributed by atoms with Crippen LogP contribution in [0.2, 0.25) is 0 Å². The molecular formula is C15H19N3O2S. The SMILES string of the molecule is COc1ccc(C)cc1NC(=O)NCCc1scnc1C. The Morgan fingerprint density at radius 1 is 1.38 bits per heavy atom. The van der Waals surface area contributed by atoms with E-state index in [4.69, 9.17) is 4.74 Å². The van der Waals surface area contributed by atoms with Gasteiger partial charge in [0.05, 0.1) is 24.0 Å². The van der Waals surface area contributed by atoms with Crippen LogP contribution in [0.25, 0.3) is 0 Å². The second-order valence-electron chi connectivity index (χ2n) is 4.70. The van der Waals surface area contributed by atoms with Crippen LogP contribution in [0.3, 0.4) is 0 Å². The minimum atomic E-state index is -0.235. The van der Waals surface area contributed by atoms with E-state index in [1.807, 2.05) is 37.6 Å². The highest BCUT2D eigenvalue weighted by atomic mass is 32.1. The Morgan fingerprint density at radius 2 is 2.19 bits per heavy atom. The first-order valence-electron chi connectivity index (χ1n) is 6.68. The van der Waals surface area contributed by atoms with Gasteiger partial charge >= 0.3 is 6.03 Å².